The Hall–Kier alpha value is -2.70. The van der Waals surface area contributed by atoms with Crippen molar-refractivity contribution in [2.45, 2.75) is 0 Å². The number of rotatable bonds is 4. The molecule has 0 spiro atoms. The number of anilines is 1. The van der Waals surface area contributed by atoms with Crippen LogP contribution in [0.5, 0.6) is 0 Å². The molecule has 7 nitrogen and oxygen atoms in total. The van der Waals surface area contributed by atoms with Crippen LogP contribution in [0.2, 0.25) is 0 Å². The molecular formula is C12H15N5O2. The van der Waals surface area contributed by atoms with Gasteiger partial charge in [0.05, 0.1) is 0 Å². The van der Waals surface area contributed by atoms with Gasteiger partial charge in [-0.1, -0.05) is 0 Å². The number of carbonyl (C=O) groups is 2. The molecule has 7 heteroatoms. The summed E-state index contributed by atoms with van der Waals surface area (Å²) in [5, 5.41) is 5.92. The molecule has 0 aliphatic rings. The Labute approximate surface area is 109 Å². The van der Waals surface area contributed by atoms with Gasteiger partial charge in [-0.05, 0) is 24.3 Å². The number of hydrogen-bond acceptors (Lipinski definition) is 3. The average Bonchev–Trinajstić information content (AvgIpc) is 2.77. The molecule has 3 amide bonds. The Morgan fingerprint density at radius 3 is 2.63 bits per heavy atom. The largest absolute Gasteiger partial charge is 0.399 e. The number of benzene rings is 1. The third-order valence-corrected chi connectivity index (χ3v) is 2.60. The molecule has 0 aliphatic carbocycles. The number of aromatic nitrogens is 1. The van der Waals surface area contributed by atoms with E-state index in [4.69, 9.17) is 11.5 Å². The number of amides is 3. The van der Waals surface area contributed by atoms with Crippen molar-refractivity contribution in [2.24, 2.45) is 5.73 Å². The third-order valence-electron chi connectivity index (χ3n) is 2.60. The van der Waals surface area contributed by atoms with E-state index in [0.717, 1.165) is 10.9 Å². The van der Waals surface area contributed by atoms with E-state index >= 15 is 0 Å². The van der Waals surface area contributed by atoms with Crippen molar-refractivity contribution in [1.29, 1.82) is 0 Å². The number of nitrogen functional groups attached to an aromatic ring is 1. The molecule has 2 aromatic rings. The lowest BCUT2D eigenvalue weighted by Crippen LogP contribution is -2.37. The second-order valence-corrected chi connectivity index (χ2v) is 4.08. The van der Waals surface area contributed by atoms with Crippen LogP contribution in [0, 0.1) is 0 Å². The van der Waals surface area contributed by atoms with Gasteiger partial charge in [-0.15, -0.1) is 0 Å². The maximum atomic E-state index is 11.8. The second kappa shape index (κ2) is 5.30. The smallest absolute Gasteiger partial charge is 0.312 e. The van der Waals surface area contributed by atoms with E-state index in [1.54, 1.807) is 18.2 Å². The number of primary amides is 1. The first-order valence-electron chi connectivity index (χ1n) is 5.76. The molecular weight excluding hydrogens is 246 g/mol. The van der Waals surface area contributed by atoms with Gasteiger partial charge in [-0.2, -0.15) is 0 Å². The normalized spacial score (nSPS) is 10.3. The van der Waals surface area contributed by atoms with Gasteiger partial charge in [0, 0.05) is 29.7 Å². The molecule has 0 aliphatic heterocycles. The molecule has 0 atom stereocenters. The molecule has 0 saturated heterocycles. The summed E-state index contributed by atoms with van der Waals surface area (Å²) in [7, 11) is 0. The van der Waals surface area contributed by atoms with Crippen molar-refractivity contribution in [3.63, 3.8) is 0 Å². The predicted molar refractivity (Wildman–Crippen MR) is 72.6 cm³/mol. The van der Waals surface area contributed by atoms with Gasteiger partial charge in [0.15, 0.2) is 0 Å². The van der Waals surface area contributed by atoms with Crippen LogP contribution in [0.15, 0.2) is 24.3 Å². The highest BCUT2D eigenvalue weighted by atomic mass is 16.2. The number of urea groups is 1. The van der Waals surface area contributed by atoms with Crippen LogP contribution in [0.1, 0.15) is 10.5 Å². The van der Waals surface area contributed by atoms with E-state index < -0.39 is 6.03 Å². The zero-order valence-electron chi connectivity index (χ0n) is 10.2. The van der Waals surface area contributed by atoms with Crippen LogP contribution < -0.4 is 22.1 Å². The van der Waals surface area contributed by atoms with E-state index in [9.17, 15) is 9.59 Å². The molecule has 1 aromatic heterocycles. The highest BCUT2D eigenvalue weighted by Crippen LogP contribution is 2.18. The first kappa shape index (κ1) is 12.7. The van der Waals surface area contributed by atoms with E-state index in [-0.39, 0.29) is 12.5 Å². The summed E-state index contributed by atoms with van der Waals surface area (Å²) in [5.41, 5.74) is 12.5. The molecule has 0 bridgehead atoms. The van der Waals surface area contributed by atoms with Crippen molar-refractivity contribution in [2.75, 3.05) is 18.8 Å². The molecule has 0 unspecified atom stereocenters. The van der Waals surface area contributed by atoms with Crippen LogP contribution in [0.4, 0.5) is 10.5 Å². The molecule has 100 valence electrons. The Kier molecular flexibility index (Phi) is 3.56. The maximum absolute atomic E-state index is 11.8. The summed E-state index contributed by atoms with van der Waals surface area (Å²) in [6.45, 7) is 0.591. The van der Waals surface area contributed by atoms with Crippen molar-refractivity contribution >= 4 is 28.5 Å². The number of H-pyrrole nitrogens is 1. The van der Waals surface area contributed by atoms with E-state index in [0.29, 0.717) is 17.9 Å². The lowest BCUT2D eigenvalue weighted by atomic mass is 10.2. The van der Waals surface area contributed by atoms with Crippen LogP contribution in [0.3, 0.4) is 0 Å². The molecule has 2 rings (SSSR count). The minimum Gasteiger partial charge on any atom is -0.399 e. The van der Waals surface area contributed by atoms with Crippen LogP contribution in [0.25, 0.3) is 10.9 Å². The number of nitrogens with two attached hydrogens (primary N) is 2. The quantitative estimate of drug-likeness (QED) is 0.397. The number of aromatic amines is 1. The molecule has 1 heterocycles. The fourth-order valence-corrected chi connectivity index (χ4v) is 1.73. The average molecular weight is 261 g/mol. The van der Waals surface area contributed by atoms with E-state index in [1.807, 2.05) is 6.07 Å². The Morgan fingerprint density at radius 2 is 1.89 bits per heavy atom. The topological polar surface area (TPSA) is 126 Å². The van der Waals surface area contributed by atoms with Crippen LogP contribution in [-0.2, 0) is 0 Å². The van der Waals surface area contributed by atoms with Gasteiger partial charge < -0.3 is 27.1 Å². The maximum Gasteiger partial charge on any atom is 0.312 e. The Balaban J connectivity index is 1.99. The summed E-state index contributed by atoms with van der Waals surface area (Å²) in [5.74, 6) is -0.249. The van der Waals surface area contributed by atoms with Gasteiger partial charge in [-0.3, -0.25) is 4.79 Å². The number of fused-ring (bicyclic) bond motifs is 1. The SMILES string of the molecule is NC(=O)NCCNC(=O)c1cc2cc(N)ccc2[nH]1. The van der Waals surface area contributed by atoms with Crippen LogP contribution >= 0.6 is 0 Å². The van der Waals surface area contributed by atoms with Gasteiger partial charge in [0.1, 0.15) is 5.69 Å². The summed E-state index contributed by atoms with van der Waals surface area (Å²) >= 11 is 0. The van der Waals surface area contributed by atoms with Gasteiger partial charge >= 0.3 is 6.03 Å². The molecule has 0 saturated carbocycles. The second-order valence-electron chi connectivity index (χ2n) is 4.08. The van der Waals surface area contributed by atoms with Gasteiger partial charge in [-0.25, -0.2) is 4.79 Å². The summed E-state index contributed by atoms with van der Waals surface area (Å²) in [6, 6.07) is 6.48. The minimum atomic E-state index is -0.615. The summed E-state index contributed by atoms with van der Waals surface area (Å²) in [6.07, 6.45) is 0. The van der Waals surface area contributed by atoms with Gasteiger partial charge in [0.2, 0.25) is 0 Å². The fraction of sp³-hybridized carbons (Fsp3) is 0.167. The predicted octanol–water partition coefficient (Wildman–Crippen LogP) is 0.148. The van der Waals surface area contributed by atoms with Crippen LogP contribution in [-0.4, -0.2) is 30.0 Å². The van der Waals surface area contributed by atoms with E-state index in [1.165, 1.54) is 0 Å². The molecule has 7 N–H and O–H groups in total. The third kappa shape index (κ3) is 3.15. The summed E-state index contributed by atoms with van der Waals surface area (Å²) in [4.78, 5) is 25.3. The van der Waals surface area contributed by atoms with Crippen molar-refractivity contribution < 1.29 is 9.59 Å². The lowest BCUT2D eigenvalue weighted by molar-refractivity contribution is 0.0949. The molecule has 19 heavy (non-hydrogen) atoms. The Morgan fingerprint density at radius 1 is 1.16 bits per heavy atom. The zero-order valence-corrected chi connectivity index (χ0v) is 10.2. The van der Waals surface area contributed by atoms with E-state index in [2.05, 4.69) is 15.6 Å². The first-order chi connectivity index (χ1) is 9.06. The molecule has 0 fully saturated rings. The van der Waals surface area contributed by atoms with Crippen molar-refractivity contribution in [3.8, 4) is 0 Å². The van der Waals surface area contributed by atoms with Gasteiger partial charge in [0.25, 0.3) is 5.91 Å². The summed E-state index contributed by atoms with van der Waals surface area (Å²) < 4.78 is 0. The highest BCUT2D eigenvalue weighted by Gasteiger charge is 2.08. The highest BCUT2D eigenvalue weighted by molar-refractivity contribution is 5.98. The number of hydrogen-bond donors (Lipinski definition) is 5. The van der Waals surface area contributed by atoms with Crippen molar-refractivity contribution in [1.82, 2.24) is 15.6 Å². The number of carbonyl (C=O) groups excluding carboxylic acids is 2. The number of nitrogens with one attached hydrogen (secondary N) is 3. The van der Waals surface area contributed by atoms with Crippen molar-refractivity contribution in [3.05, 3.63) is 30.0 Å². The molecule has 0 radical (unpaired) electrons. The monoisotopic (exact) mass is 261 g/mol. The lowest BCUT2D eigenvalue weighted by Gasteiger charge is -2.03. The zero-order chi connectivity index (χ0) is 13.8. The standard InChI is InChI=1S/C12H15N5O2/c13-8-1-2-9-7(5-8)6-10(17-9)11(18)15-3-4-16-12(14)19/h1-2,5-6,17H,3-4,13H2,(H,15,18)(H3,14,16,19). The first-order valence-corrected chi connectivity index (χ1v) is 5.76. The fourth-order valence-electron chi connectivity index (χ4n) is 1.73. The Bertz CT molecular complexity index is 620. The minimum absolute atomic E-state index is 0.249. The molecule has 1 aromatic carbocycles.